The molecule has 2 atom stereocenters. The van der Waals surface area contributed by atoms with Gasteiger partial charge in [0.05, 0.1) is 5.92 Å². The predicted octanol–water partition coefficient (Wildman–Crippen LogP) is 3.86. The zero-order valence-corrected chi connectivity index (χ0v) is 14.7. The minimum Gasteiger partial charge on any atom is -0.481 e. The Morgan fingerprint density at radius 1 is 1.28 bits per heavy atom. The van der Waals surface area contributed by atoms with Gasteiger partial charge >= 0.3 is 12.1 Å². The first kappa shape index (κ1) is 17.3. The molecule has 2 aromatic rings. The van der Waals surface area contributed by atoms with Crippen LogP contribution in [0.3, 0.4) is 0 Å². The first-order chi connectivity index (χ1) is 11.7. The second kappa shape index (κ2) is 6.43. The number of carboxylic acid groups (broad SMARTS) is 1. The zero-order valence-electron chi connectivity index (χ0n) is 14.7. The number of fused-ring (bicyclic) bond motifs is 1. The van der Waals surface area contributed by atoms with Crippen molar-refractivity contribution in [2.45, 2.75) is 38.7 Å². The van der Waals surface area contributed by atoms with Crippen molar-refractivity contribution in [1.29, 1.82) is 0 Å². The number of hydrogen-bond donors (Lipinski definition) is 1. The number of aliphatic carboxylic acids is 1. The number of benzene rings is 1. The lowest BCUT2D eigenvalue weighted by Crippen LogP contribution is -2.47. The van der Waals surface area contributed by atoms with E-state index in [4.69, 9.17) is 9.15 Å². The highest BCUT2D eigenvalue weighted by Crippen LogP contribution is 2.36. The molecule has 134 valence electrons. The molecule has 0 aliphatic carbocycles. The molecular weight excluding hydrogens is 322 g/mol. The number of piperidine rings is 1. The van der Waals surface area contributed by atoms with E-state index in [1.807, 2.05) is 30.3 Å². The van der Waals surface area contributed by atoms with Crippen LogP contribution >= 0.6 is 0 Å². The molecule has 1 aliphatic rings. The maximum Gasteiger partial charge on any atom is 0.410 e. The van der Waals surface area contributed by atoms with E-state index in [9.17, 15) is 14.7 Å². The summed E-state index contributed by atoms with van der Waals surface area (Å²) in [7, 11) is 0. The average molecular weight is 345 g/mol. The summed E-state index contributed by atoms with van der Waals surface area (Å²) in [6, 6.07) is 9.51. The maximum absolute atomic E-state index is 12.3. The van der Waals surface area contributed by atoms with E-state index in [0.29, 0.717) is 18.7 Å². The van der Waals surface area contributed by atoms with Crippen LogP contribution in [0.1, 0.15) is 38.9 Å². The Morgan fingerprint density at radius 2 is 2.00 bits per heavy atom. The molecule has 0 unspecified atom stereocenters. The van der Waals surface area contributed by atoms with Gasteiger partial charge in [0.1, 0.15) is 16.9 Å². The van der Waals surface area contributed by atoms with Crippen molar-refractivity contribution in [3.63, 3.8) is 0 Å². The minimum absolute atomic E-state index is 0.117. The van der Waals surface area contributed by atoms with Crippen molar-refractivity contribution in [1.82, 2.24) is 4.90 Å². The van der Waals surface area contributed by atoms with Crippen LogP contribution in [-0.4, -0.2) is 40.8 Å². The summed E-state index contributed by atoms with van der Waals surface area (Å²) in [6.45, 7) is 5.94. The van der Waals surface area contributed by atoms with Gasteiger partial charge in [0, 0.05) is 24.4 Å². The number of para-hydroxylation sites is 1. The van der Waals surface area contributed by atoms with Gasteiger partial charge < -0.3 is 19.2 Å². The van der Waals surface area contributed by atoms with E-state index in [1.165, 1.54) is 4.90 Å². The SMILES string of the molecule is CC(C)(C)OC(=O)N1CC[C@H](c2cc3ccccc3o2)[C@@H](C(=O)O)C1. The molecule has 1 aliphatic heterocycles. The van der Waals surface area contributed by atoms with Crippen LogP contribution in [0.2, 0.25) is 0 Å². The fourth-order valence-corrected chi connectivity index (χ4v) is 3.22. The van der Waals surface area contributed by atoms with Crippen LogP contribution in [0.4, 0.5) is 4.79 Å². The van der Waals surface area contributed by atoms with Gasteiger partial charge in [-0.15, -0.1) is 0 Å². The molecule has 3 rings (SSSR count). The number of furan rings is 1. The van der Waals surface area contributed by atoms with E-state index in [0.717, 1.165) is 11.0 Å². The Kier molecular flexibility index (Phi) is 4.45. The van der Waals surface area contributed by atoms with Gasteiger partial charge in [-0.2, -0.15) is 0 Å². The van der Waals surface area contributed by atoms with Crippen molar-refractivity contribution in [3.05, 3.63) is 36.1 Å². The van der Waals surface area contributed by atoms with Crippen LogP contribution in [-0.2, 0) is 9.53 Å². The van der Waals surface area contributed by atoms with E-state index in [1.54, 1.807) is 20.8 Å². The molecule has 1 aromatic heterocycles. The molecule has 6 heteroatoms. The minimum atomic E-state index is -0.932. The van der Waals surface area contributed by atoms with Gasteiger partial charge in [-0.25, -0.2) is 4.79 Å². The van der Waals surface area contributed by atoms with Crippen molar-refractivity contribution >= 4 is 23.0 Å². The molecule has 2 heterocycles. The van der Waals surface area contributed by atoms with Gasteiger partial charge in [-0.1, -0.05) is 18.2 Å². The van der Waals surface area contributed by atoms with Gasteiger partial charge in [-0.3, -0.25) is 4.79 Å². The molecule has 0 spiro atoms. The third kappa shape index (κ3) is 3.78. The Hall–Kier alpha value is -2.50. The average Bonchev–Trinajstić information content (AvgIpc) is 2.96. The van der Waals surface area contributed by atoms with Gasteiger partial charge in [-0.05, 0) is 39.3 Å². The summed E-state index contributed by atoms with van der Waals surface area (Å²) in [5, 5.41) is 10.6. The first-order valence-electron chi connectivity index (χ1n) is 8.44. The lowest BCUT2D eigenvalue weighted by Gasteiger charge is -2.36. The number of nitrogens with zero attached hydrogens (tertiary/aromatic N) is 1. The number of carbonyl (C=O) groups is 2. The lowest BCUT2D eigenvalue weighted by molar-refractivity contribution is -0.144. The second-order valence-corrected chi connectivity index (χ2v) is 7.45. The molecular formula is C19H23NO5. The second-order valence-electron chi connectivity index (χ2n) is 7.45. The lowest BCUT2D eigenvalue weighted by atomic mass is 9.83. The summed E-state index contributed by atoms with van der Waals surface area (Å²) in [5.41, 5.74) is 0.141. The Labute approximate surface area is 146 Å². The third-order valence-corrected chi connectivity index (χ3v) is 4.39. The molecule has 0 bridgehead atoms. The number of carbonyl (C=O) groups excluding carboxylic acids is 1. The fraction of sp³-hybridized carbons (Fsp3) is 0.474. The maximum atomic E-state index is 12.3. The van der Waals surface area contributed by atoms with Crippen LogP contribution in [0.25, 0.3) is 11.0 Å². The van der Waals surface area contributed by atoms with Crippen molar-refractivity contribution in [2.24, 2.45) is 5.92 Å². The fourth-order valence-electron chi connectivity index (χ4n) is 3.22. The number of rotatable bonds is 2. The molecule has 1 aromatic carbocycles. The van der Waals surface area contributed by atoms with Crippen molar-refractivity contribution in [3.8, 4) is 0 Å². The number of amides is 1. The van der Waals surface area contributed by atoms with Gasteiger partial charge in [0.25, 0.3) is 0 Å². The molecule has 1 amide bonds. The quantitative estimate of drug-likeness (QED) is 0.894. The highest BCUT2D eigenvalue weighted by Gasteiger charge is 2.39. The van der Waals surface area contributed by atoms with Gasteiger partial charge in [0.2, 0.25) is 0 Å². The topological polar surface area (TPSA) is 80.0 Å². The molecule has 1 fully saturated rings. The van der Waals surface area contributed by atoms with Crippen LogP contribution < -0.4 is 0 Å². The first-order valence-corrected chi connectivity index (χ1v) is 8.44. The molecule has 0 saturated carbocycles. The number of ether oxygens (including phenoxy) is 1. The predicted molar refractivity (Wildman–Crippen MR) is 92.5 cm³/mol. The number of likely N-dealkylation sites (tertiary alicyclic amines) is 1. The van der Waals surface area contributed by atoms with E-state index in [-0.39, 0.29) is 12.5 Å². The van der Waals surface area contributed by atoms with E-state index >= 15 is 0 Å². The largest absolute Gasteiger partial charge is 0.481 e. The highest BCUT2D eigenvalue weighted by atomic mass is 16.6. The smallest absolute Gasteiger partial charge is 0.410 e. The summed E-state index contributed by atoms with van der Waals surface area (Å²) in [4.78, 5) is 25.5. The summed E-state index contributed by atoms with van der Waals surface area (Å²) in [5.74, 6) is -1.25. The van der Waals surface area contributed by atoms with E-state index < -0.39 is 23.6 Å². The highest BCUT2D eigenvalue weighted by molar-refractivity contribution is 5.79. The summed E-state index contributed by atoms with van der Waals surface area (Å²) < 4.78 is 11.2. The Morgan fingerprint density at radius 3 is 2.64 bits per heavy atom. The Balaban J connectivity index is 1.80. The molecule has 0 radical (unpaired) electrons. The molecule has 1 saturated heterocycles. The summed E-state index contributed by atoms with van der Waals surface area (Å²) >= 11 is 0. The monoisotopic (exact) mass is 345 g/mol. The van der Waals surface area contributed by atoms with Gasteiger partial charge in [0.15, 0.2) is 0 Å². The van der Waals surface area contributed by atoms with Crippen molar-refractivity contribution in [2.75, 3.05) is 13.1 Å². The third-order valence-electron chi connectivity index (χ3n) is 4.39. The molecule has 25 heavy (non-hydrogen) atoms. The molecule has 6 nitrogen and oxygen atoms in total. The van der Waals surface area contributed by atoms with Crippen molar-refractivity contribution < 1.29 is 23.8 Å². The van der Waals surface area contributed by atoms with Crippen LogP contribution in [0.5, 0.6) is 0 Å². The Bertz CT molecular complexity index is 755. The normalized spacial score (nSPS) is 21.3. The zero-order chi connectivity index (χ0) is 18.2. The van der Waals surface area contributed by atoms with Crippen LogP contribution in [0.15, 0.2) is 34.7 Å². The number of hydrogen-bond acceptors (Lipinski definition) is 4. The number of carboxylic acids is 1. The van der Waals surface area contributed by atoms with Crippen LogP contribution in [0, 0.1) is 5.92 Å². The van der Waals surface area contributed by atoms with E-state index in [2.05, 4.69) is 0 Å². The molecule has 1 N–H and O–H groups in total. The summed E-state index contributed by atoms with van der Waals surface area (Å²) in [6.07, 6.45) is 0.0533. The standard InChI is InChI=1S/C19H23NO5/c1-19(2,3)25-18(23)20-9-8-13(14(11-20)17(21)22)16-10-12-6-4-5-7-15(12)24-16/h4-7,10,13-14H,8-9,11H2,1-3H3,(H,21,22)/t13-,14-/m0/s1.